The van der Waals surface area contributed by atoms with Gasteiger partial charge in [-0.3, -0.25) is 10.1 Å². The molecule has 0 radical (unpaired) electrons. The lowest BCUT2D eigenvalue weighted by molar-refractivity contribution is -0.387. The van der Waals surface area contributed by atoms with E-state index < -0.39 is 0 Å². The third kappa shape index (κ3) is 2.45. The van der Waals surface area contributed by atoms with Crippen molar-refractivity contribution < 1.29 is 4.92 Å². The van der Waals surface area contributed by atoms with Crippen LogP contribution in [-0.2, 0) is 0 Å². The Morgan fingerprint density at radius 1 is 1.54 bits per heavy atom. The zero-order valence-electron chi connectivity index (χ0n) is 7.61. The summed E-state index contributed by atoms with van der Waals surface area (Å²) < 4.78 is 0. The van der Waals surface area contributed by atoms with Gasteiger partial charge in [0.1, 0.15) is 0 Å². The first kappa shape index (κ1) is 10.1. The summed E-state index contributed by atoms with van der Waals surface area (Å²) in [6.07, 6.45) is 0. The SMILES string of the molecule is CCSc1cc(C)ccc1[N+](=O)[O-]. The molecule has 0 aliphatic rings. The van der Waals surface area contributed by atoms with Crippen molar-refractivity contribution in [2.75, 3.05) is 5.75 Å². The van der Waals surface area contributed by atoms with E-state index in [1.165, 1.54) is 11.8 Å². The normalized spacial score (nSPS) is 10.0. The van der Waals surface area contributed by atoms with Crippen LogP contribution in [0.2, 0.25) is 0 Å². The standard InChI is InChI=1S/C9H11NO2S/c1-3-13-9-6-7(2)4-5-8(9)10(11)12/h4-6H,3H2,1-2H3. The van der Waals surface area contributed by atoms with E-state index in [4.69, 9.17) is 0 Å². The molecule has 13 heavy (non-hydrogen) atoms. The molecule has 4 heteroatoms. The number of rotatable bonds is 3. The van der Waals surface area contributed by atoms with Crippen LogP contribution in [0.25, 0.3) is 0 Å². The second-order valence-corrected chi connectivity index (χ2v) is 3.97. The topological polar surface area (TPSA) is 43.1 Å². The van der Waals surface area contributed by atoms with Crippen molar-refractivity contribution in [2.24, 2.45) is 0 Å². The van der Waals surface area contributed by atoms with Gasteiger partial charge >= 0.3 is 0 Å². The van der Waals surface area contributed by atoms with Gasteiger partial charge in [-0.2, -0.15) is 0 Å². The highest BCUT2D eigenvalue weighted by Crippen LogP contribution is 2.29. The van der Waals surface area contributed by atoms with Crippen LogP contribution in [0, 0.1) is 17.0 Å². The Bertz CT molecular complexity index is 325. The van der Waals surface area contributed by atoms with Crippen molar-refractivity contribution in [3.63, 3.8) is 0 Å². The minimum absolute atomic E-state index is 0.206. The first-order valence-corrected chi connectivity index (χ1v) is 5.01. The van der Waals surface area contributed by atoms with Gasteiger partial charge in [-0.05, 0) is 24.3 Å². The van der Waals surface area contributed by atoms with E-state index in [0.717, 1.165) is 16.2 Å². The Kier molecular flexibility index (Phi) is 3.31. The predicted molar refractivity (Wildman–Crippen MR) is 54.2 cm³/mol. The minimum atomic E-state index is -0.336. The fraction of sp³-hybridized carbons (Fsp3) is 0.333. The van der Waals surface area contributed by atoms with Gasteiger partial charge in [0.15, 0.2) is 0 Å². The van der Waals surface area contributed by atoms with Gasteiger partial charge in [0.05, 0.1) is 9.82 Å². The highest BCUT2D eigenvalue weighted by atomic mass is 32.2. The van der Waals surface area contributed by atoms with E-state index in [1.807, 2.05) is 19.9 Å². The van der Waals surface area contributed by atoms with Gasteiger partial charge in [0.2, 0.25) is 0 Å². The van der Waals surface area contributed by atoms with Gasteiger partial charge in [-0.15, -0.1) is 11.8 Å². The summed E-state index contributed by atoms with van der Waals surface area (Å²) in [4.78, 5) is 11.0. The van der Waals surface area contributed by atoms with Gasteiger partial charge in [0, 0.05) is 6.07 Å². The smallest absolute Gasteiger partial charge is 0.258 e. The second kappa shape index (κ2) is 4.28. The van der Waals surface area contributed by atoms with E-state index in [9.17, 15) is 10.1 Å². The summed E-state index contributed by atoms with van der Waals surface area (Å²) in [6, 6.07) is 5.18. The lowest BCUT2D eigenvalue weighted by atomic mass is 10.2. The molecule has 0 atom stereocenters. The highest BCUT2D eigenvalue weighted by molar-refractivity contribution is 7.99. The number of hydrogen-bond acceptors (Lipinski definition) is 3. The number of hydrogen-bond donors (Lipinski definition) is 0. The van der Waals surface area contributed by atoms with Crippen LogP contribution in [0.5, 0.6) is 0 Å². The maximum absolute atomic E-state index is 10.6. The number of nitrogens with zero attached hydrogens (tertiary/aromatic N) is 1. The molecule has 0 fully saturated rings. The maximum atomic E-state index is 10.6. The molecule has 0 aliphatic heterocycles. The van der Waals surface area contributed by atoms with E-state index in [1.54, 1.807) is 12.1 Å². The zero-order chi connectivity index (χ0) is 9.84. The van der Waals surface area contributed by atoms with Gasteiger partial charge in [0.25, 0.3) is 5.69 Å². The van der Waals surface area contributed by atoms with Crippen molar-refractivity contribution in [2.45, 2.75) is 18.7 Å². The van der Waals surface area contributed by atoms with E-state index in [0.29, 0.717) is 0 Å². The van der Waals surface area contributed by atoms with E-state index >= 15 is 0 Å². The molecule has 0 aliphatic carbocycles. The molecular weight excluding hydrogens is 186 g/mol. The summed E-state index contributed by atoms with van der Waals surface area (Å²) in [5.41, 5.74) is 1.26. The van der Waals surface area contributed by atoms with Crippen LogP contribution in [0.4, 0.5) is 5.69 Å². The molecule has 0 heterocycles. The fourth-order valence-corrected chi connectivity index (χ4v) is 1.91. The number of thioether (sulfide) groups is 1. The molecule has 0 bridgehead atoms. The Morgan fingerprint density at radius 3 is 2.77 bits per heavy atom. The molecule has 0 aromatic heterocycles. The second-order valence-electron chi connectivity index (χ2n) is 2.66. The van der Waals surface area contributed by atoms with Crippen LogP contribution in [0.3, 0.4) is 0 Å². The van der Waals surface area contributed by atoms with Gasteiger partial charge in [-0.25, -0.2) is 0 Å². The molecule has 1 aromatic rings. The summed E-state index contributed by atoms with van der Waals surface area (Å²) in [7, 11) is 0. The van der Waals surface area contributed by atoms with Crippen LogP contribution < -0.4 is 0 Å². The maximum Gasteiger partial charge on any atom is 0.282 e. The molecule has 1 rings (SSSR count). The molecule has 0 amide bonds. The Balaban J connectivity index is 3.10. The van der Waals surface area contributed by atoms with Crippen LogP contribution in [-0.4, -0.2) is 10.7 Å². The van der Waals surface area contributed by atoms with Crippen molar-refractivity contribution in [3.05, 3.63) is 33.9 Å². The van der Waals surface area contributed by atoms with Crippen LogP contribution in [0.1, 0.15) is 12.5 Å². The first-order valence-electron chi connectivity index (χ1n) is 4.03. The summed E-state index contributed by atoms with van der Waals surface area (Å²) >= 11 is 1.50. The largest absolute Gasteiger partial charge is 0.282 e. The van der Waals surface area contributed by atoms with Crippen molar-refractivity contribution >= 4 is 17.4 Å². The molecule has 0 saturated carbocycles. The van der Waals surface area contributed by atoms with Crippen molar-refractivity contribution in [1.29, 1.82) is 0 Å². The number of nitro benzene ring substituents is 1. The highest BCUT2D eigenvalue weighted by Gasteiger charge is 2.12. The average Bonchev–Trinajstić information content (AvgIpc) is 2.04. The van der Waals surface area contributed by atoms with Crippen molar-refractivity contribution in [1.82, 2.24) is 0 Å². The Labute approximate surface area is 81.3 Å². The van der Waals surface area contributed by atoms with E-state index in [2.05, 4.69) is 0 Å². The van der Waals surface area contributed by atoms with E-state index in [-0.39, 0.29) is 10.6 Å². The first-order chi connectivity index (χ1) is 6.15. The molecule has 70 valence electrons. The van der Waals surface area contributed by atoms with Crippen molar-refractivity contribution in [3.8, 4) is 0 Å². The fourth-order valence-electron chi connectivity index (χ4n) is 1.04. The summed E-state index contributed by atoms with van der Waals surface area (Å²) in [5, 5.41) is 10.6. The quantitative estimate of drug-likeness (QED) is 0.425. The Hall–Kier alpha value is -1.03. The average molecular weight is 197 g/mol. The third-order valence-electron chi connectivity index (χ3n) is 1.61. The molecule has 0 spiro atoms. The predicted octanol–water partition coefficient (Wildman–Crippen LogP) is 3.02. The molecule has 0 saturated heterocycles. The molecule has 1 aromatic carbocycles. The molecule has 3 nitrogen and oxygen atoms in total. The van der Waals surface area contributed by atoms with Gasteiger partial charge < -0.3 is 0 Å². The molecular formula is C9H11NO2S. The van der Waals surface area contributed by atoms with Gasteiger partial charge in [-0.1, -0.05) is 13.0 Å². The minimum Gasteiger partial charge on any atom is -0.258 e. The number of aryl methyl sites for hydroxylation is 1. The number of nitro groups is 1. The van der Waals surface area contributed by atoms with Crippen LogP contribution in [0.15, 0.2) is 23.1 Å². The summed E-state index contributed by atoms with van der Waals surface area (Å²) in [6.45, 7) is 3.92. The summed E-state index contributed by atoms with van der Waals surface area (Å²) in [5.74, 6) is 0.851. The lowest BCUT2D eigenvalue weighted by Gasteiger charge is -2.01. The number of benzene rings is 1. The lowest BCUT2D eigenvalue weighted by Crippen LogP contribution is -1.91. The monoisotopic (exact) mass is 197 g/mol. The third-order valence-corrected chi connectivity index (χ3v) is 2.54. The van der Waals surface area contributed by atoms with Crippen LogP contribution >= 0.6 is 11.8 Å². The Morgan fingerprint density at radius 2 is 2.23 bits per heavy atom. The zero-order valence-corrected chi connectivity index (χ0v) is 8.43. The molecule has 0 N–H and O–H groups in total. The molecule has 0 unspecified atom stereocenters.